The zero-order valence-electron chi connectivity index (χ0n) is 11.0. The molecule has 2 rings (SSSR count). The number of aliphatic carboxylic acids is 1. The summed E-state index contributed by atoms with van der Waals surface area (Å²) in [6, 6.07) is 0. The molecule has 5 heteroatoms. The fourth-order valence-corrected chi connectivity index (χ4v) is 2.78. The van der Waals surface area contributed by atoms with Crippen LogP contribution in [0, 0.1) is 0 Å². The van der Waals surface area contributed by atoms with Gasteiger partial charge in [0.1, 0.15) is 5.54 Å². The lowest BCUT2D eigenvalue weighted by Gasteiger charge is -2.35. The summed E-state index contributed by atoms with van der Waals surface area (Å²) < 4.78 is 0. The van der Waals surface area contributed by atoms with Crippen molar-refractivity contribution < 1.29 is 14.7 Å². The number of carbonyl (C=O) groups excluding carboxylic acids is 1. The fraction of sp³-hybridized carbons (Fsp3) is 0.692. The molecule has 0 saturated carbocycles. The van der Waals surface area contributed by atoms with Crippen LogP contribution in [0.5, 0.6) is 0 Å². The van der Waals surface area contributed by atoms with Gasteiger partial charge in [0.25, 0.3) is 0 Å². The van der Waals surface area contributed by atoms with Crippen LogP contribution in [0.1, 0.15) is 33.1 Å². The first-order valence-electron chi connectivity index (χ1n) is 6.47. The molecule has 0 aromatic heterocycles. The number of amides is 1. The molecule has 18 heavy (non-hydrogen) atoms. The third-order valence-corrected chi connectivity index (χ3v) is 4.24. The molecule has 2 heterocycles. The second-order valence-electron chi connectivity index (χ2n) is 5.08. The van der Waals surface area contributed by atoms with Crippen molar-refractivity contribution in [2.75, 3.05) is 19.6 Å². The Morgan fingerprint density at radius 3 is 2.56 bits per heavy atom. The zero-order chi connectivity index (χ0) is 13.3. The molecule has 0 spiro atoms. The van der Waals surface area contributed by atoms with Gasteiger partial charge in [-0.3, -0.25) is 4.79 Å². The van der Waals surface area contributed by atoms with Gasteiger partial charge in [-0.05, 0) is 31.8 Å². The maximum atomic E-state index is 12.4. The molecule has 1 atom stereocenters. The van der Waals surface area contributed by atoms with Crippen LogP contribution in [0.15, 0.2) is 11.1 Å². The minimum atomic E-state index is -0.990. The van der Waals surface area contributed by atoms with Crippen LogP contribution in [0.3, 0.4) is 0 Å². The molecule has 0 radical (unpaired) electrons. The Hall–Kier alpha value is -1.36. The van der Waals surface area contributed by atoms with E-state index in [1.165, 1.54) is 0 Å². The Kier molecular flexibility index (Phi) is 3.43. The molecule has 2 N–H and O–H groups in total. The van der Waals surface area contributed by atoms with Crippen LogP contribution in [-0.4, -0.2) is 47.1 Å². The van der Waals surface area contributed by atoms with E-state index in [4.69, 9.17) is 0 Å². The van der Waals surface area contributed by atoms with E-state index in [-0.39, 0.29) is 5.91 Å². The van der Waals surface area contributed by atoms with Crippen LogP contribution in [-0.2, 0) is 9.59 Å². The third kappa shape index (κ3) is 1.82. The van der Waals surface area contributed by atoms with Crippen molar-refractivity contribution in [1.29, 1.82) is 0 Å². The molecule has 100 valence electrons. The molecule has 0 aromatic carbocycles. The van der Waals surface area contributed by atoms with Gasteiger partial charge in [-0.25, -0.2) is 4.79 Å². The SMILES string of the molecule is CCC1(C(=O)O)CCCN1C(=O)C(C)=C1CNC1. The minimum Gasteiger partial charge on any atom is -0.479 e. The molecule has 5 nitrogen and oxygen atoms in total. The summed E-state index contributed by atoms with van der Waals surface area (Å²) in [4.78, 5) is 25.5. The van der Waals surface area contributed by atoms with Crippen molar-refractivity contribution >= 4 is 11.9 Å². The van der Waals surface area contributed by atoms with Gasteiger partial charge in [0.2, 0.25) is 5.91 Å². The first-order valence-corrected chi connectivity index (χ1v) is 6.47. The summed E-state index contributed by atoms with van der Waals surface area (Å²) in [6.07, 6.45) is 1.80. The largest absolute Gasteiger partial charge is 0.479 e. The Balaban J connectivity index is 2.26. The number of carboxylic acid groups (broad SMARTS) is 1. The van der Waals surface area contributed by atoms with Crippen molar-refractivity contribution in [3.8, 4) is 0 Å². The molecule has 2 saturated heterocycles. The smallest absolute Gasteiger partial charge is 0.329 e. The number of nitrogens with zero attached hydrogens (tertiary/aromatic N) is 1. The topological polar surface area (TPSA) is 69.6 Å². The minimum absolute atomic E-state index is 0.103. The van der Waals surface area contributed by atoms with E-state index in [1.807, 2.05) is 6.92 Å². The van der Waals surface area contributed by atoms with Gasteiger partial charge in [0.15, 0.2) is 0 Å². The molecule has 2 aliphatic rings. The van der Waals surface area contributed by atoms with E-state index in [0.717, 1.165) is 30.7 Å². The van der Waals surface area contributed by atoms with E-state index in [1.54, 1.807) is 11.8 Å². The average Bonchev–Trinajstić information content (AvgIpc) is 2.70. The van der Waals surface area contributed by atoms with Crippen molar-refractivity contribution in [3.05, 3.63) is 11.1 Å². The lowest BCUT2D eigenvalue weighted by Crippen LogP contribution is -2.53. The number of hydrogen-bond donors (Lipinski definition) is 2. The number of carbonyl (C=O) groups is 2. The van der Waals surface area contributed by atoms with Gasteiger partial charge in [-0.2, -0.15) is 0 Å². The highest BCUT2D eigenvalue weighted by atomic mass is 16.4. The molecule has 2 fully saturated rings. The Morgan fingerprint density at radius 2 is 2.11 bits per heavy atom. The van der Waals surface area contributed by atoms with Crippen molar-refractivity contribution in [2.45, 2.75) is 38.6 Å². The molecule has 1 amide bonds. The van der Waals surface area contributed by atoms with Crippen molar-refractivity contribution in [3.63, 3.8) is 0 Å². The second kappa shape index (κ2) is 4.72. The predicted molar refractivity (Wildman–Crippen MR) is 67.2 cm³/mol. The number of hydrogen-bond acceptors (Lipinski definition) is 3. The molecular formula is C13H20N2O3. The normalized spacial score (nSPS) is 27.0. The van der Waals surface area contributed by atoms with Crippen LogP contribution >= 0.6 is 0 Å². The first-order chi connectivity index (χ1) is 8.53. The standard InChI is InChI=1S/C13H20N2O3/c1-3-13(12(17)18)5-4-6-15(13)11(16)9(2)10-7-14-8-10/h14H,3-8H2,1-2H3,(H,17,18). The highest BCUT2D eigenvalue weighted by Crippen LogP contribution is 2.34. The average molecular weight is 252 g/mol. The maximum Gasteiger partial charge on any atom is 0.329 e. The molecule has 0 aliphatic carbocycles. The quantitative estimate of drug-likeness (QED) is 0.728. The van der Waals surface area contributed by atoms with E-state index >= 15 is 0 Å². The van der Waals surface area contributed by atoms with Crippen molar-refractivity contribution in [1.82, 2.24) is 10.2 Å². The molecule has 1 unspecified atom stereocenters. The van der Waals surface area contributed by atoms with Gasteiger partial charge in [0.05, 0.1) is 0 Å². The number of nitrogens with one attached hydrogen (secondary N) is 1. The van der Waals surface area contributed by atoms with Crippen LogP contribution in [0.25, 0.3) is 0 Å². The molecular weight excluding hydrogens is 232 g/mol. The first kappa shape index (κ1) is 13.1. The highest BCUT2D eigenvalue weighted by Gasteiger charge is 2.48. The number of carboxylic acids is 1. The summed E-state index contributed by atoms with van der Waals surface area (Å²) in [5.41, 5.74) is 0.827. The van der Waals surface area contributed by atoms with Crippen molar-refractivity contribution in [2.24, 2.45) is 0 Å². The highest BCUT2D eigenvalue weighted by molar-refractivity contribution is 5.98. The zero-order valence-corrected chi connectivity index (χ0v) is 11.0. The van der Waals surface area contributed by atoms with Gasteiger partial charge < -0.3 is 15.3 Å². The van der Waals surface area contributed by atoms with E-state index < -0.39 is 11.5 Å². The monoisotopic (exact) mass is 252 g/mol. The van der Waals surface area contributed by atoms with Crippen LogP contribution in [0.4, 0.5) is 0 Å². The van der Waals surface area contributed by atoms with Gasteiger partial charge >= 0.3 is 5.97 Å². The van der Waals surface area contributed by atoms with Gasteiger partial charge in [-0.15, -0.1) is 0 Å². The second-order valence-corrected chi connectivity index (χ2v) is 5.08. The van der Waals surface area contributed by atoms with E-state index in [9.17, 15) is 14.7 Å². The number of likely N-dealkylation sites (tertiary alicyclic amines) is 1. The Morgan fingerprint density at radius 1 is 1.44 bits per heavy atom. The molecule has 0 bridgehead atoms. The maximum absolute atomic E-state index is 12.4. The van der Waals surface area contributed by atoms with E-state index in [0.29, 0.717) is 19.4 Å². The predicted octanol–water partition coefficient (Wildman–Crippen LogP) is 0.762. The molecule has 0 aromatic rings. The Labute approximate surface area is 107 Å². The summed E-state index contributed by atoms with van der Waals surface area (Å²) >= 11 is 0. The molecule has 2 aliphatic heterocycles. The van der Waals surface area contributed by atoms with Crippen LogP contribution < -0.4 is 5.32 Å². The lowest BCUT2D eigenvalue weighted by molar-refractivity contribution is -0.155. The lowest BCUT2D eigenvalue weighted by atomic mass is 9.92. The summed E-state index contributed by atoms with van der Waals surface area (Å²) in [7, 11) is 0. The van der Waals surface area contributed by atoms with Gasteiger partial charge in [0, 0.05) is 25.2 Å². The fourth-order valence-electron chi connectivity index (χ4n) is 2.78. The Bertz CT molecular complexity index is 410. The van der Waals surface area contributed by atoms with Gasteiger partial charge in [-0.1, -0.05) is 6.92 Å². The van der Waals surface area contributed by atoms with E-state index in [2.05, 4.69) is 5.32 Å². The third-order valence-electron chi connectivity index (χ3n) is 4.24. The number of rotatable bonds is 3. The summed E-state index contributed by atoms with van der Waals surface area (Å²) in [5.74, 6) is -0.978. The van der Waals surface area contributed by atoms with Crippen LogP contribution in [0.2, 0.25) is 0 Å². The summed E-state index contributed by atoms with van der Waals surface area (Å²) in [5, 5.41) is 12.6. The summed E-state index contributed by atoms with van der Waals surface area (Å²) in [6.45, 7) is 5.69.